The minimum Gasteiger partial charge on any atom is -0.493 e. The van der Waals surface area contributed by atoms with Gasteiger partial charge in [-0.15, -0.1) is 0 Å². The van der Waals surface area contributed by atoms with Crippen LogP contribution in [0.1, 0.15) is 41.5 Å². The van der Waals surface area contributed by atoms with Crippen LogP contribution in [0, 0.1) is 0 Å². The van der Waals surface area contributed by atoms with Gasteiger partial charge in [-0.25, -0.2) is 0 Å². The van der Waals surface area contributed by atoms with E-state index >= 15 is 0 Å². The second-order valence-corrected chi connectivity index (χ2v) is 10.5. The van der Waals surface area contributed by atoms with Crippen molar-refractivity contribution in [2.45, 2.75) is 31.4 Å². The van der Waals surface area contributed by atoms with Crippen LogP contribution in [-0.2, 0) is 11.4 Å². The zero-order valence-corrected chi connectivity index (χ0v) is 24.0. The second kappa shape index (κ2) is 11.9. The van der Waals surface area contributed by atoms with Crippen LogP contribution in [0.4, 0.5) is 11.4 Å². The van der Waals surface area contributed by atoms with Gasteiger partial charge in [-0.2, -0.15) is 0 Å². The van der Waals surface area contributed by atoms with Gasteiger partial charge in [0, 0.05) is 17.7 Å². The Hall–Kier alpha value is -4.91. The molecular weight excluding hydrogens is 528 g/mol. The van der Waals surface area contributed by atoms with Crippen LogP contribution in [0.3, 0.4) is 0 Å². The number of fused-ring (bicyclic) bond motifs is 1. The lowest BCUT2D eigenvalue weighted by molar-refractivity contribution is -0.116. The molecular formula is C35H34N2O5. The lowest BCUT2D eigenvalue weighted by atomic mass is 9.78. The summed E-state index contributed by atoms with van der Waals surface area (Å²) in [5.41, 5.74) is 6.54. The highest BCUT2D eigenvalue weighted by Gasteiger charge is 2.36. The molecule has 0 spiro atoms. The Balaban J connectivity index is 1.37. The first-order chi connectivity index (χ1) is 20.6. The van der Waals surface area contributed by atoms with Crippen LogP contribution in [-0.4, -0.2) is 27.1 Å². The monoisotopic (exact) mass is 562 g/mol. The van der Waals surface area contributed by atoms with Crippen molar-refractivity contribution in [2.24, 2.45) is 0 Å². The predicted molar refractivity (Wildman–Crippen MR) is 164 cm³/mol. The number of ether oxygens (including phenoxy) is 4. The van der Waals surface area contributed by atoms with Gasteiger partial charge in [0.25, 0.3) is 0 Å². The molecule has 0 saturated heterocycles. The third-order valence-corrected chi connectivity index (χ3v) is 7.91. The third kappa shape index (κ3) is 5.38. The quantitative estimate of drug-likeness (QED) is 0.234. The zero-order valence-electron chi connectivity index (χ0n) is 24.0. The largest absolute Gasteiger partial charge is 0.493 e. The van der Waals surface area contributed by atoms with Gasteiger partial charge < -0.3 is 29.6 Å². The number of ketones is 1. The Bertz CT molecular complexity index is 1610. The SMILES string of the molecule is COc1cc(C2CC(=O)C3=C(C2)Nc2ccccc2NC3c2cccc(OCc3ccccc3)c2)cc(OC)c1OC. The molecule has 1 aliphatic heterocycles. The lowest BCUT2D eigenvalue weighted by Crippen LogP contribution is -2.27. The van der Waals surface area contributed by atoms with Crippen LogP contribution in [0.15, 0.2) is 102 Å². The summed E-state index contributed by atoms with van der Waals surface area (Å²) in [5, 5.41) is 7.27. The fourth-order valence-electron chi connectivity index (χ4n) is 5.84. The van der Waals surface area contributed by atoms with Crippen LogP contribution in [0.25, 0.3) is 0 Å². The molecule has 4 aromatic carbocycles. The van der Waals surface area contributed by atoms with Crippen molar-refractivity contribution in [3.05, 3.63) is 119 Å². The molecule has 0 fully saturated rings. The normalized spacial score (nSPS) is 17.6. The number of nitrogens with one attached hydrogen (secondary N) is 2. The highest BCUT2D eigenvalue weighted by molar-refractivity contribution is 6.01. The molecule has 7 nitrogen and oxygen atoms in total. The number of hydrogen-bond donors (Lipinski definition) is 2. The maximum atomic E-state index is 14.1. The molecule has 1 aliphatic carbocycles. The van der Waals surface area contributed by atoms with Crippen molar-refractivity contribution < 1.29 is 23.7 Å². The van der Waals surface area contributed by atoms with E-state index in [0.717, 1.165) is 45.1 Å². The Kier molecular flexibility index (Phi) is 7.73. The van der Waals surface area contributed by atoms with Gasteiger partial charge >= 0.3 is 0 Å². The van der Waals surface area contributed by atoms with E-state index in [-0.39, 0.29) is 17.7 Å². The molecule has 0 amide bonds. The van der Waals surface area contributed by atoms with E-state index in [1.54, 1.807) is 21.3 Å². The van der Waals surface area contributed by atoms with Gasteiger partial charge in [0.05, 0.1) is 38.7 Å². The molecule has 7 heteroatoms. The minimum absolute atomic E-state index is 0.0658. The van der Waals surface area contributed by atoms with Crippen molar-refractivity contribution in [1.29, 1.82) is 0 Å². The number of Topliss-reactive ketones (excluding diaryl/α,β-unsaturated/α-hetero) is 1. The van der Waals surface area contributed by atoms with E-state index in [9.17, 15) is 4.79 Å². The van der Waals surface area contributed by atoms with Crippen molar-refractivity contribution in [3.8, 4) is 23.0 Å². The standard InChI is InChI=1S/C35H34N2O5/c1-39-31-19-25(20-32(40-2)35(31)41-3)24-17-29-33(30(38)18-24)34(37-28-15-8-7-14-27(28)36-29)23-12-9-13-26(16-23)42-21-22-10-5-4-6-11-22/h4-16,19-20,24,34,36-37H,17-18,21H2,1-3H3. The van der Waals surface area contributed by atoms with Gasteiger partial charge in [0.1, 0.15) is 12.4 Å². The summed E-state index contributed by atoms with van der Waals surface area (Å²) in [7, 11) is 4.79. The number of benzene rings is 4. The number of hydrogen-bond acceptors (Lipinski definition) is 7. The maximum Gasteiger partial charge on any atom is 0.203 e. The highest BCUT2D eigenvalue weighted by atomic mass is 16.5. The van der Waals surface area contributed by atoms with Crippen molar-refractivity contribution in [2.75, 3.05) is 32.0 Å². The number of para-hydroxylation sites is 2. The first kappa shape index (κ1) is 27.3. The lowest BCUT2D eigenvalue weighted by Gasteiger charge is -2.30. The summed E-state index contributed by atoms with van der Waals surface area (Å²) in [5.74, 6) is 2.46. The van der Waals surface area contributed by atoms with Crippen molar-refractivity contribution >= 4 is 17.2 Å². The summed E-state index contributed by atoms with van der Waals surface area (Å²) >= 11 is 0. The molecule has 0 saturated carbocycles. The maximum absolute atomic E-state index is 14.1. The van der Waals surface area contributed by atoms with E-state index in [1.807, 2.05) is 91.0 Å². The Labute approximate surface area is 246 Å². The van der Waals surface area contributed by atoms with Crippen LogP contribution >= 0.6 is 0 Å². The summed E-state index contributed by atoms with van der Waals surface area (Å²) in [6.45, 7) is 0.468. The fourth-order valence-corrected chi connectivity index (χ4v) is 5.84. The third-order valence-electron chi connectivity index (χ3n) is 7.91. The zero-order chi connectivity index (χ0) is 29.1. The van der Waals surface area contributed by atoms with Gasteiger partial charge in [0.2, 0.25) is 5.75 Å². The molecule has 214 valence electrons. The summed E-state index contributed by atoms with van der Waals surface area (Å²) in [4.78, 5) is 14.1. The summed E-state index contributed by atoms with van der Waals surface area (Å²) < 4.78 is 22.9. The van der Waals surface area contributed by atoms with Gasteiger partial charge in [-0.3, -0.25) is 4.79 Å². The molecule has 42 heavy (non-hydrogen) atoms. The Morgan fingerprint density at radius 1 is 0.738 bits per heavy atom. The average Bonchev–Trinajstić information content (AvgIpc) is 3.20. The van der Waals surface area contributed by atoms with E-state index in [2.05, 4.69) is 10.6 Å². The first-order valence-corrected chi connectivity index (χ1v) is 14.0. The van der Waals surface area contributed by atoms with Gasteiger partial charge in [-0.05, 0) is 65.4 Å². The van der Waals surface area contributed by atoms with Crippen molar-refractivity contribution in [1.82, 2.24) is 0 Å². The average molecular weight is 563 g/mol. The molecule has 2 aliphatic rings. The number of allylic oxidation sites excluding steroid dienone is 1. The van der Waals surface area contributed by atoms with Crippen molar-refractivity contribution in [3.63, 3.8) is 0 Å². The molecule has 2 unspecified atom stereocenters. The van der Waals surface area contributed by atoms with Crippen LogP contribution in [0.2, 0.25) is 0 Å². The smallest absolute Gasteiger partial charge is 0.203 e. The summed E-state index contributed by atoms with van der Waals surface area (Å²) in [6.07, 6.45) is 1.01. The number of carbonyl (C=O) groups excluding carboxylic acids is 1. The molecule has 4 aromatic rings. The molecule has 2 N–H and O–H groups in total. The van der Waals surface area contributed by atoms with Crippen LogP contribution in [0.5, 0.6) is 23.0 Å². The first-order valence-electron chi connectivity index (χ1n) is 14.0. The molecule has 0 aromatic heterocycles. The van der Waals surface area contributed by atoms with Crippen LogP contribution < -0.4 is 29.6 Å². The van der Waals surface area contributed by atoms with Gasteiger partial charge in [0.15, 0.2) is 17.3 Å². The molecule has 0 bridgehead atoms. The minimum atomic E-state index is -0.343. The second-order valence-electron chi connectivity index (χ2n) is 10.5. The Morgan fingerprint density at radius 3 is 2.17 bits per heavy atom. The topological polar surface area (TPSA) is 78.1 Å². The molecule has 2 atom stereocenters. The number of anilines is 2. The Morgan fingerprint density at radius 2 is 1.45 bits per heavy atom. The molecule has 1 heterocycles. The number of methoxy groups -OCH3 is 3. The van der Waals surface area contributed by atoms with E-state index in [4.69, 9.17) is 18.9 Å². The fraction of sp³-hybridized carbons (Fsp3) is 0.229. The van der Waals surface area contributed by atoms with Gasteiger partial charge in [-0.1, -0.05) is 54.6 Å². The number of carbonyl (C=O) groups is 1. The molecule has 0 radical (unpaired) electrons. The summed E-state index contributed by atoms with van der Waals surface area (Å²) in [6, 6.07) is 29.7. The van der Waals surface area contributed by atoms with E-state index in [0.29, 0.717) is 36.7 Å². The van der Waals surface area contributed by atoms with E-state index < -0.39 is 0 Å². The predicted octanol–water partition coefficient (Wildman–Crippen LogP) is 7.27. The highest BCUT2D eigenvalue weighted by Crippen LogP contribution is 2.47. The number of rotatable bonds is 8. The molecule has 6 rings (SSSR count). The van der Waals surface area contributed by atoms with E-state index in [1.165, 1.54) is 0 Å².